The largest absolute Gasteiger partial charge is 0.340 e. The van der Waals surface area contributed by atoms with E-state index in [1.165, 1.54) is 19.3 Å². The van der Waals surface area contributed by atoms with Gasteiger partial charge in [0.15, 0.2) is 0 Å². The molecule has 3 heterocycles. The zero-order valence-corrected chi connectivity index (χ0v) is 12.2. The van der Waals surface area contributed by atoms with E-state index >= 15 is 0 Å². The number of aromatic nitrogens is 1. The van der Waals surface area contributed by atoms with E-state index in [0.717, 1.165) is 31.7 Å². The van der Waals surface area contributed by atoms with E-state index in [-0.39, 0.29) is 6.04 Å². The van der Waals surface area contributed by atoms with Crippen molar-refractivity contribution in [1.82, 2.24) is 14.8 Å². The van der Waals surface area contributed by atoms with Gasteiger partial charge in [0.2, 0.25) is 5.91 Å². The maximum absolute atomic E-state index is 12.6. The van der Waals surface area contributed by atoms with E-state index in [0.29, 0.717) is 11.8 Å². The summed E-state index contributed by atoms with van der Waals surface area (Å²) in [7, 11) is 2.09. The number of amides is 1. The quantitative estimate of drug-likeness (QED) is 0.825. The van der Waals surface area contributed by atoms with Crippen LogP contribution in [0.3, 0.4) is 0 Å². The van der Waals surface area contributed by atoms with Crippen LogP contribution in [0.5, 0.6) is 0 Å². The molecule has 3 rings (SSSR count). The summed E-state index contributed by atoms with van der Waals surface area (Å²) in [6, 6.07) is 6.11. The lowest BCUT2D eigenvalue weighted by atomic mass is 9.94. The molecule has 2 aliphatic heterocycles. The van der Waals surface area contributed by atoms with Gasteiger partial charge < -0.3 is 4.90 Å². The Morgan fingerprint density at radius 2 is 2.10 bits per heavy atom. The lowest BCUT2D eigenvalue weighted by Crippen LogP contribution is -2.55. The van der Waals surface area contributed by atoms with Gasteiger partial charge in [0, 0.05) is 30.9 Å². The Kier molecular flexibility index (Phi) is 4.01. The number of rotatable bonds is 2. The van der Waals surface area contributed by atoms with Crippen LogP contribution in [-0.4, -0.2) is 53.4 Å². The average molecular weight is 273 g/mol. The molecule has 108 valence electrons. The fourth-order valence-electron chi connectivity index (χ4n) is 3.24. The molecular weight excluding hydrogens is 250 g/mol. The second kappa shape index (κ2) is 5.92. The van der Waals surface area contributed by atoms with Gasteiger partial charge in [0.25, 0.3) is 0 Å². The normalized spacial score (nSPS) is 25.1. The number of hydrogen-bond donors (Lipinski definition) is 0. The van der Waals surface area contributed by atoms with Crippen LogP contribution in [0.25, 0.3) is 0 Å². The van der Waals surface area contributed by atoms with Gasteiger partial charge in [-0.2, -0.15) is 0 Å². The Balaban J connectivity index is 1.57. The van der Waals surface area contributed by atoms with E-state index in [2.05, 4.69) is 23.0 Å². The molecule has 1 unspecified atom stereocenters. The Hall–Kier alpha value is -1.42. The van der Waals surface area contributed by atoms with Crippen LogP contribution >= 0.6 is 0 Å². The summed E-state index contributed by atoms with van der Waals surface area (Å²) in [6.07, 6.45) is 6.50. The third-order valence-electron chi connectivity index (χ3n) is 4.60. The summed E-state index contributed by atoms with van der Waals surface area (Å²) in [5.41, 5.74) is 1.12. The first-order valence-electron chi connectivity index (χ1n) is 7.65. The number of hydrogen-bond acceptors (Lipinski definition) is 3. The SMILES string of the molecule is CN1CCCCCC1C(=O)N1CC(c2ccccn2)C1. The van der Waals surface area contributed by atoms with Crippen molar-refractivity contribution in [2.24, 2.45) is 0 Å². The molecule has 0 radical (unpaired) electrons. The molecule has 1 aromatic heterocycles. The minimum Gasteiger partial charge on any atom is -0.340 e. The molecule has 2 fully saturated rings. The number of nitrogens with zero attached hydrogens (tertiary/aromatic N) is 3. The van der Waals surface area contributed by atoms with Crippen molar-refractivity contribution in [3.63, 3.8) is 0 Å². The Labute approximate surface area is 120 Å². The highest BCUT2D eigenvalue weighted by Crippen LogP contribution is 2.27. The van der Waals surface area contributed by atoms with E-state index in [9.17, 15) is 4.79 Å². The van der Waals surface area contributed by atoms with Crippen molar-refractivity contribution in [2.75, 3.05) is 26.7 Å². The number of pyridine rings is 1. The predicted molar refractivity (Wildman–Crippen MR) is 78.4 cm³/mol. The molecular formula is C16H23N3O. The lowest BCUT2D eigenvalue weighted by Gasteiger charge is -2.42. The van der Waals surface area contributed by atoms with Crippen LogP contribution in [0, 0.1) is 0 Å². The lowest BCUT2D eigenvalue weighted by molar-refractivity contribution is -0.141. The maximum atomic E-state index is 12.6. The molecule has 20 heavy (non-hydrogen) atoms. The maximum Gasteiger partial charge on any atom is 0.239 e. The van der Waals surface area contributed by atoms with Gasteiger partial charge >= 0.3 is 0 Å². The van der Waals surface area contributed by atoms with Gasteiger partial charge in [0.05, 0.1) is 6.04 Å². The Morgan fingerprint density at radius 3 is 2.85 bits per heavy atom. The topological polar surface area (TPSA) is 36.4 Å². The van der Waals surface area contributed by atoms with Crippen molar-refractivity contribution in [3.8, 4) is 0 Å². The van der Waals surface area contributed by atoms with Crippen LogP contribution < -0.4 is 0 Å². The second-order valence-electron chi connectivity index (χ2n) is 6.04. The Bertz CT molecular complexity index is 456. The van der Waals surface area contributed by atoms with E-state index in [1.54, 1.807) is 0 Å². The Morgan fingerprint density at radius 1 is 1.25 bits per heavy atom. The van der Waals surface area contributed by atoms with Crippen molar-refractivity contribution in [1.29, 1.82) is 0 Å². The first-order chi connectivity index (χ1) is 9.75. The molecule has 1 aromatic rings. The smallest absolute Gasteiger partial charge is 0.239 e. The van der Waals surface area contributed by atoms with Gasteiger partial charge in [-0.15, -0.1) is 0 Å². The van der Waals surface area contributed by atoms with E-state index < -0.39 is 0 Å². The molecule has 4 nitrogen and oxygen atoms in total. The molecule has 0 aliphatic carbocycles. The summed E-state index contributed by atoms with van der Waals surface area (Å²) in [4.78, 5) is 21.2. The van der Waals surface area contributed by atoms with Gasteiger partial charge in [-0.1, -0.05) is 18.9 Å². The van der Waals surface area contributed by atoms with Crippen molar-refractivity contribution in [2.45, 2.75) is 37.6 Å². The standard InChI is InChI=1S/C16H23N3O/c1-18-10-6-2-3-8-15(18)16(20)19-11-13(12-19)14-7-4-5-9-17-14/h4-5,7,9,13,15H,2-3,6,8,10-12H2,1H3. The fourth-order valence-corrected chi connectivity index (χ4v) is 3.24. The summed E-state index contributed by atoms with van der Waals surface area (Å²) in [5, 5.41) is 0. The number of carbonyl (C=O) groups is 1. The molecule has 1 amide bonds. The molecule has 2 saturated heterocycles. The molecule has 0 aromatic carbocycles. The van der Waals surface area contributed by atoms with Gasteiger partial charge in [-0.3, -0.25) is 14.7 Å². The highest BCUT2D eigenvalue weighted by molar-refractivity contribution is 5.82. The minimum absolute atomic E-state index is 0.0992. The number of carbonyl (C=O) groups excluding carboxylic acids is 1. The molecule has 0 bridgehead atoms. The van der Waals surface area contributed by atoms with Crippen molar-refractivity contribution in [3.05, 3.63) is 30.1 Å². The summed E-state index contributed by atoms with van der Waals surface area (Å²) < 4.78 is 0. The fraction of sp³-hybridized carbons (Fsp3) is 0.625. The molecule has 2 aliphatic rings. The predicted octanol–water partition coefficient (Wildman–Crippen LogP) is 1.88. The molecule has 0 spiro atoms. The van der Waals surface area contributed by atoms with Crippen LogP contribution in [0.1, 0.15) is 37.3 Å². The molecule has 0 N–H and O–H groups in total. The second-order valence-corrected chi connectivity index (χ2v) is 6.04. The first-order valence-corrected chi connectivity index (χ1v) is 7.65. The molecule has 0 saturated carbocycles. The van der Waals surface area contributed by atoms with Crippen LogP contribution in [0.4, 0.5) is 0 Å². The highest BCUT2D eigenvalue weighted by Gasteiger charge is 2.37. The average Bonchev–Trinajstić information content (AvgIpc) is 2.63. The number of likely N-dealkylation sites (tertiary alicyclic amines) is 2. The summed E-state index contributed by atoms with van der Waals surface area (Å²) in [5.74, 6) is 0.748. The third kappa shape index (κ3) is 2.70. The van der Waals surface area contributed by atoms with Gasteiger partial charge in [-0.25, -0.2) is 0 Å². The van der Waals surface area contributed by atoms with Crippen molar-refractivity contribution < 1.29 is 4.79 Å². The van der Waals surface area contributed by atoms with Gasteiger partial charge in [-0.05, 0) is 38.6 Å². The summed E-state index contributed by atoms with van der Waals surface area (Å²) >= 11 is 0. The van der Waals surface area contributed by atoms with E-state index in [1.807, 2.05) is 23.2 Å². The summed E-state index contributed by atoms with van der Waals surface area (Å²) in [6.45, 7) is 2.72. The van der Waals surface area contributed by atoms with Crippen LogP contribution in [0.15, 0.2) is 24.4 Å². The molecule has 1 atom stereocenters. The monoisotopic (exact) mass is 273 g/mol. The van der Waals surface area contributed by atoms with E-state index in [4.69, 9.17) is 0 Å². The third-order valence-corrected chi connectivity index (χ3v) is 4.60. The zero-order chi connectivity index (χ0) is 13.9. The molecule has 4 heteroatoms. The van der Waals surface area contributed by atoms with Gasteiger partial charge in [0.1, 0.15) is 0 Å². The van der Waals surface area contributed by atoms with Crippen LogP contribution in [0.2, 0.25) is 0 Å². The first kappa shape index (κ1) is 13.6. The minimum atomic E-state index is 0.0992. The highest BCUT2D eigenvalue weighted by atomic mass is 16.2. The number of likely N-dealkylation sites (N-methyl/N-ethyl adjacent to an activating group) is 1. The van der Waals surface area contributed by atoms with Crippen LogP contribution in [-0.2, 0) is 4.79 Å². The van der Waals surface area contributed by atoms with Crippen molar-refractivity contribution >= 4 is 5.91 Å². The zero-order valence-electron chi connectivity index (χ0n) is 12.2.